The Morgan fingerprint density at radius 2 is 2.19 bits per heavy atom. The Bertz CT molecular complexity index is 674. The number of methoxy groups -OCH3 is 1. The van der Waals surface area contributed by atoms with E-state index in [0.717, 1.165) is 25.5 Å². The highest BCUT2D eigenvalue weighted by molar-refractivity contribution is 5.85. The number of phenols is 1. The van der Waals surface area contributed by atoms with Crippen LogP contribution in [0.15, 0.2) is 29.8 Å². The van der Waals surface area contributed by atoms with Crippen molar-refractivity contribution in [2.75, 3.05) is 26.8 Å². The molecule has 1 aliphatic heterocycles. The maximum atomic E-state index is 10.1. The first-order valence-electron chi connectivity index (χ1n) is 9.85. The van der Waals surface area contributed by atoms with Crippen molar-refractivity contribution in [1.29, 1.82) is 0 Å². The average Bonchev–Trinajstić information content (AvgIpc) is 2.62. The Labute approximate surface area is 163 Å². The Balaban J connectivity index is 0.00000196. The van der Waals surface area contributed by atoms with Gasteiger partial charge in [0.1, 0.15) is 5.75 Å². The van der Waals surface area contributed by atoms with Crippen LogP contribution in [0.1, 0.15) is 50.2 Å². The number of benzene rings is 1. The van der Waals surface area contributed by atoms with Gasteiger partial charge >= 0.3 is 0 Å². The summed E-state index contributed by atoms with van der Waals surface area (Å²) in [7, 11) is 1.77. The first kappa shape index (κ1) is 19.7. The minimum atomic E-state index is 0. The summed E-state index contributed by atoms with van der Waals surface area (Å²) in [5.41, 5.74) is 4.59. The van der Waals surface area contributed by atoms with Crippen molar-refractivity contribution in [3.63, 3.8) is 0 Å². The Kier molecular flexibility index (Phi) is 6.01. The third-order valence-electron chi connectivity index (χ3n) is 6.98. The molecule has 3 aliphatic rings. The number of hydrogen-bond acceptors (Lipinski definition) is 3. The molecule has 1 aromatic rings. The van der Waals surface area contributed by atoms with Crippen LogP contribution in [-0.4, -0.2) is 42.9 Å². The molecule has 0 aromatic heterocycles. The molecule has 0 radical (unpaired) electrons. The molecule has 1 saturated carbocycles. The highest BCUT2D eigenvalue weighted by Crippen LogP contribution is 2.56. The quantitative estimate of drug-likeness (QED) is 0.786. The second kappa shape index (κ2) is 7.92. The van der Waals surface area contributed by atoms with E-state index in [0.29, 0.717) is 17.2 Å². The lowest BCUT2D eigenvalue weighted by atomic mass is 9.52. The number of piperidine rings is 1. The second-order valence-corrected chi connectivity index (χ2v) is 8.35. The molecule has 2 bridgehead atoms. The van der Waals surface area contributed by atoms with E-state index in [4.69, 9.17) is 4.74 Å². The minimum absolute atomic E-state index is 0. The fourth-order valence-electron chi connectivity index (χ4n) is 5.86. The van der Waals surface area contributed by atoms with Crippen molar-refractivity contribution in [3.05, 3.63) is 41.0 Å². The molecule has 26 heavy (non-hydrogen) atoms. The third kappa shape index (κ3) is 3.30. The number of likely N-dealkylation sites (tertiary alicyclic amines) is 1. The topological polar surface area (TPSA) is 32.7 Å². The van der Waals surface area contributed by atoms with Crippen molar-refractivity contribution in [2.45, 2.75) is 56.9 Å². The van der Waals surface area contributed by atoms with Crippen LogP contribution in [-0.2, 0) is 16.6 Å². The highest BCUT2D eigenvalue weighted by atomic mass is 35.5. The predicted octanol–water partition coefficient (Wildman–Crippen LogP) is 4.47. The molecule has 1 saturated heterocycles. The van der Waals surface area contributed by atoms with Gasteiger partial charge < -0.3 is 9.84 Å². The number of rotatable bonds is 4. The molecule has 0 unspecified atom stereocenters. The number of ether oxygens (including phenoxy) is 1. The summed E-state index contributed by atoms with van der Waals surface area (Å²) < 4.78 is 5.26. The van der Waals surface area contributed by atoms with Crippen LogP contribution in [0.25, 0.3) is 0 Å². The standard InChI is InChI=1S/C22H31NO2.ClH/c1-16(15-25-2)8-11-23-12-10-22-9-4-3-5-19(22)21(23)13-17-6-7-18(24)14-20(17)22;/h6-8,14,19,21,24H,3-5,9-13,15H2,1-2H3;1H/t19-,21+,22+;/m0./s1. The van der Waals surface area contributed by atoms with Gasteiger partial charge in [-0.15, -0.1) is 12.4 Å². The van der Waals surface area contributed by atoms with Crippen LogP contribution >= 0.6 is 12.4 Å². The Morgan fingerprint density at radius 3 is 3.00 bits per heavy atom. The lowest BCUT2D eigenvalue weighted by Crippen LogP contribution is -2.60. The maximum Gasteiger partial charge on any atom is 0.115 e. The summed E-state index contributed by atoms with van der Waals surface area (Å²) in [6.45, 7) is 5.11. The first-order valence-corrected chi connectivity index (χ1v) is 9.85. The molecule has 4 heteroatoms. The average molecular weight is 378 g/mol. The molecular weight excluding hydrogens is 346 g/mol. The summed E-state index contributed by atoms with van der Waals surface area (Å²) in [4.78, 5) is 2.71. The van der Waals surface area contributed by atoms with Crippen molar-refractivity contribution in [1.82, 2.24) is 4.90 Å². The number of aromatic hydroxyl groups is 1. The van der Waals surface area contributed by atoms with Crippen LogP contribution in [0, 0.1) is 5.92 Å². The van der Waals surface area contributed by atoms with Gasteiger partial charge in [-0.3, -0.25) is 4.90 Å². The number of halogens is 1. The van der Waals surface area contributed by atoms with Gasteiger partial charge in [0.2, 0.25) is 0 Å². The molecule has 3 nitrogen and oxygen atoms in total. The summed E-state index contributed by atoms with van der Waals surface area (Å²) in [6, 6.07) is 6.79. The monoisotopic (exact) mass is 377 g/mol. The summed E-state index contributed by atoms with van der Waals surface area (Å²) in [5, 5.41) is 10.1. The molecular formula is C22H32ClNO2. The maximum absolute atomic E-state index is 10.1. The van der Waals surface area contributed by atoms with E-state index in [9.17, 15) is 5.11 Å². The fraction of sp³-hybridized carbons (Fsp3) is 0.636. The van der Waals surface area contributed by atoms with Gasteiger partial charge in [0.15, 0.2) is 0 Å². The largest absolute Gasteiger partial charge is 0.508 e. The van der Waals surface area contributed by atoms with Gasteiger partial charge in [0.05, 0.1) is 6.61 Å². The molecule has 144 valence electrons. The zero-order valence-electron chi connectivity index (χ0n) is 16.0. The van der Waals surface area contributed by atoms with E-state index in [2.05, 4.69) is 30.0 Å². The van der Waals surface area contributed by atoms with E-state index in [-0.39, 0.29) is 12.4 Å². The molecule has 4 rings (SSSR count). The van der Waals surface area contributed by atoms with Crippen LogP contribution in [0.5, 0.6) is 5.75 Å². The predicted molar refractivity (Wildman–Crippen MR) is 108 cm³/mol. The lowest BCUT2D eigenvalue weighted by Gasteiger charge is -2.59. The van der Waals surface area contributed by atoms with E-state index in [1.165, 1.54) is 55.3 Å². The van der Waals surface area contributed by atoms with Crippen LogP contribution < -0.4 is 0 Å². The smallest absolute Gasteiger partial charge is 0.115 e. The van der Waals surface area contributed by atoms with Crippen molar-refractivity contribution in [3.8, 4) is 5.75 Å². The van der Waals surface area contributed by atoms with Gasteiger partial charge in [-0.05, 0) is 68.3 Å². The zero-order valence-corrected chi connectivity index (χ0v) is 16.9. The molecule has 3 atom stereocenters. The van der Waals surface area contributed by atoms with Gasteiger partial charge in [-0.2, -0.15) is 0 Å². The van der Waals surface area contributed by atoms with Gasteiger partial charge in [-0.1, -0.05) is 30.6 Å². The summed E-state index contributed by atoms with van der Waals surface area (Å²) >= 11 is 0. The van der Waals surface area contributed by atoms with Crippen molar-refractivity contribution in [2.24, 2.45) is 5.92 Å². The molecule has 0 spiro atoms. The molecule has 2 fully saturated rings. The zero-order chi connectivity index (χ0) is 17.4. The van der Waals surface area contributed by atoms with Crippen molar-refractivity contribution >= 4 is 12.4 Å². The Hall–Kier alpha value is -1.03. The van der Waals surface area contributed by atoms with Crippen molar-refractivity contribution < 1.29 is 9.84 Å². The third-order valence-corrected chi connectivity index (χ3v) is 6.98. The van der Waals surface area contributed by atoms with E-state index >= 15 is 0 Å². The number of fused-ring (bicyclic) bond motifs is 1. The van der Waals surface area contributed by atoms with Crippen LogP contribution in [0.4, 0.5) is 0 Å². The number of phenolic OH excluding ortho intramolecular Hbond substituents is 1. The molecule has 1 aromatic carbocycles. The molecule has 1 heterocycles. The van der Waals surface area contributed by atoms with E-state index in [1.807, 2.05) is 6.07 Å². The molecule has 2 aliphatic carbocycles. The lowest BCUT2D eigenvalue weighted by molar-refractivity contribution is -0.00535. The second-order valence-electron chi connectivity index (χ2n) is 8.35. The van der Waals surface area contributed by atoms with Crippen LogP contribution in [0.3, 0.4) is 0 Å². The molecule has 0 amide bonds. The number of hydrogen-bond donors (Lipinski definition) is 1. The summed E-state index contributed by atoms with van der Waals surface area (Å²) in [6.07, 6.45) is 10.1. The molecule has 1 N–H and O–H groups in total. The van der Waals surface area contributed by atoms with E-state index < -0.39 is 0 Å². The SMILES string of the molecule is COCC(C)=CCN1CC[C@]23CCCC[C@H]2[C@H]1Cc1ccc(O)cc13.Cl. The number of nitrogens with zero attached hydrogens (tertiary/aromatic N) is 1. The summed E-state index contributed by atoms with van der Waals surface area (Å²) in [5.74, 6) is 1.19. The van der Waals surface area contributed by atoms with Gasteiger partial charge in [-0.25, -0.2) is 0 Å². The van der Waals surface area contributed by atoms with Crippen LogP contribution in [0.2, 0.25) is 0 Å². The van der Waals surface area contributed by atoms with E-state index in [1.54, 1.807) is 7.11 Å². The van der Waals surface area contributed by atoms with Gasteiger partial charge in [0, 0.05) is 25.1 Å². The Morgan fingerprint density at radius 1 is 1.35 bits per heavy atom. The first-order chi connectivity index (χ1) is 12.1. The normalized spacial score (nSPS) is 30.9. The fourth-order valence-corrected chi connectivity index (χ4v) is 5.86. The minimum Gasteiger partial charge on any atom is -0.508 e. The highest BCUT2D eigenvalue weighted by Gasteiger charge is 2.53. The van der Waals surface area contributed by atoms with Gasteiger partial charge in [0.25, 0.3) is 0 Å².